The van der Waals surface area contributed by atoms with Gasteiger partial charge in [0.2, 0.25) is 5.88 Å². The number of pyridine rings is 2. The summed E-state index contributed by atoms with van der Waals surface area (Å²) in [5, 5.41) is 9.05. The highest BCUT2D eigenvalue weighted by atomic mass is 35.5. The second-order valence-electron chi connectivity index (χ2n) is 4.18. The third-order valence-corrected chi connectivity index (χ3v) is 2.83. The van der Waals surface area contributed by atoms with Gasteiger partial charge in [-0.15, -0.1) is 0 Å². The molecule has 0 bridgehead atoms. The Hall–Kier alpha value is -2.14. The Morgan fingerprint density at radius 2 is 2.10 bits per heavy atom. The van der Waals surface area contributed by atoms with E-state index in [1.54, 1.807) is 6.07 Å². The second-order valence-corrected chi connectivity index (χ2v) is 4.56. The summed E-state index contributed by atoms with van der Waals surface area (Å²) in [6.45, 7) is 3.85. The lowest BCUT2D eigenvalue weighted by atomic mass is 10.2. The van der Waals surface area contributed by atoms with Crippen LogP contribution in [0.15, 0.2) is 24.3 Å². The van der Waals surface area contributed by atoms with Crippen molar-refractivity contribution in [2.75, 3.05) is 0 Å². The van der Waals surface area contributed by atoms with Gasteiger partial charge in [0.25, 0.3) is 0 Å². The van der Waals surface area contributed by atoms with Crippen LogP contribution in [0, 0.1) is 6.92 Å². The van der Waals surface area contributed by atoms with Gasteiger partial charge in [0.1, 0.15) is 5.15 Å². The molecule has 0 aliphatic carbocycles. The number of aryl methyl sites for hydroxylation is 2. The SMILES string of the molecule is CCc1nc(C)ccc1Oc1cc(C(=O)O)cc(Cl)n1. The molecule has 20 heavy (non-hydrogen) atoms. The van der Waals surface area contributed by atoms with E-state index >= 15 is 0 Å². The number of aromatic carboxylic acids is 1. The summed E-state index contributed by atoms with van der Waals surface area (Å²) < 4.78 is 5.61. The summed E-state index contributed by atoms with van der Waals surface area (Å²) >= 11 is 5.79. The molecular weight excluding hydrogens is 280 g/mol. The molecule has 0 aliphatic heterocycles. The van der Waals surface area contributed by atoms with Crippen molar-refractivity contribution < 1.29 is 14.6 Å². The number of nitrogens with zero attached hydrogens (tertiary/aromatic N) is 2. The van der Waals surface area contributed by atoms with Crippen LogP contribution in [0.2, 0.25) is 5.15 Å². The lowest BCUT2D eigenvalue weighted by Crippen LogP contribution is -2.00. The van der Waals surface area contributed by atoms with E-state index in [2.05, 4.69) is 9.97 Å². The number of halogens is 1. The molecule has 0 amide bonds. The van der Waals surface area contributed by atoms with Crippen molar-refractivity contribution in [1.82, 2.24) is 9.97 Å². The molecule has 5 nitrogen and oxygen atoms in total. The van der Waals surface area contributed by atoms with Crippen LogP contribution in [0.5, 0.6) is 11.6 Å². The van der Waals surface area contributed by atoms with Crippen LogP contribution in [0.3, 0.4) is 0 Å². The molecule has 2 rings (SSSR count). The van der Waals surface area contributed by atoms with Crippen LogP contribution in [-0.4, -0.2) is 21.0 Å². The zero-order valence-corrected chi connectivity index (χ0v) is 11.8. The highest BCUT2D eigenvalue weighted by Crippen LogP contribution is 2.25. The Kier molecular flexibility index (Phi) is 4.20. The van der Waals surface area contributed by atoms with Gasteiger partial charge in [0.15, 0.2) is 5.75 Å². The second kappa shape index (κ2) is 5.88. The molecule has 0 saturated carbocycles. The number of ether oxygens (including phenoxy) is 1. The molecule has 2 aromatic heterocycles. The number of carboxylic acid groups (broad SMARTS) is 1. The summed E-state index contributed by atoms with van der Waals surface area (Å²) in [5.74, 6) is -0.406. The fraction of sp³-hybridized carbons (Fsp3) is 0.214. The van der Waals surface area contributed by atoms with E-state index in [1.807, 2.05) is 19.9 Å². The van der Waals surface area contributed by atoms with Gasteiger partial charge < -0.3 is 9.84 Å². The third kappa shape index (κ3) is 3.24. The first kappa shape index (κ1) is 14.3. The summed E-state index contributed by atoms with van der Waals surface area (Å²) in [4.78, 5) is 19.3. The number of rotatable bonds is 4. The molecule has 0 saturated heterocycles. The van der Waals surface area contributed by atoms with Crippen molar-refractivity contribution in [1.29, 1.82) is 0 Å². The molecule has 0 spiro atoms. The fourth-order valence-corrected chi connectivity index (χ4v) is 1.91. The molecule has 0 aliphatic rings. The van der Waals surface area contributed by atoms with Gasteiger partial charge in [-0.3, -0.25) is 4.98 Å². The molecule has 2 heterocycles. The maximum atomic E-state index is 11.0. The minimum absolute atomic E-state index is 0.0260. The van der Waals surface area contributed by atoms with Crippen LogP contribution < -0.4 is 4.74 Å². The average Bonchev–Trinajstić information content (AvgIpc) is 2.40. The normalized spacial score (nSPS) is 10.3. The molecule has 2 aromatic rings. The van der Waals surface area contributed by atoms with Crippen LogP contribution >= 0.6 is 11.6 Å². The van der Waals surface area contributed by atoms with E-state index in [1.165, 1.54) is 12.1 Å². The first-order chi connectivity index (χ1) is 9.49. The molecule has 0 fully saturated rings. The number of hydrogen-bond donors (Lipinski definition) is 1. The molecule has 0 atom stereocenters. The summed E-state index contributed by atoms with van der Waals surface area (Å²) in [7, 11) is 0. The zero-order chi connectivity index (χ0) is 14.7. The Balaban J connectivity index is 2.37. The summed E-state index contributed by atoms with van der Waals surface area (Å²) in [5.41, 5.74) is 1.70. The molecule has 6 heteroatoms. The number of carbonyl (C=O) groups is 1. The van der Waals surface area contributed by atoms with Gasteiger partial charge in [-0.2, -0.15) is 0 Å². The third-order valence-electron chi connectivity index (χ3n) is 2.64. The first-order valence-corrected chi connectivity index (χ1v) is 6.42. The molecular formula is C14H13ClN2O3. The largest absolute Gasteiger partial charge is 0.478 e. The van der Waals surface area contributed by atoms with E-state index in [4.69, 9.17) is 21.4 Å². The summed E-state index contributed by atoms with van der Waals surface area (Å²) in [6, 6.07) is 6.19. The van der Waals surface area contributed by atoms with Gasteiger partial charge in [-0.25, -0.2) is 9.78 Å². The van der Waals surface area contributed by atoms with E-state index < -0.39 is 5.97 Å². The Morgan fingerprint density at radius 3 is 2.75 bits per heavy atom. The van der Waals surface area contributed by atoms with Gasteiger partial charge in [0, 0.05) is 11.8 Å². The predicted octanol–water partition coefficient (Wildman–Crippen LogP) is 3.49. The van der Waals surface area contributed by atoms with Gasteiger partial charge in [-0.05, 0) is 31.5 Å². The highest BCUT2D eigenvalue weighted by Gasteiger charge is 2.11. The van der Waals surface area contributed by atoms with Crippen molar-refractivity contribution in [2.24, 2.45) is 0 Å². The Morgan fingerprint density at radius 1 is 1.35 bits per heavy atom. The van der Waals surface area contributed by atoms with Gasteiger partial charge in [-0.1, -0.05) is 18.5 Å². The summed E-state index contributed by atoms with van der Waals surface area (Å²) in [6.07, 6.45) is 0.698. The number of hydrogen-bond acceptors (Lipinski definition) is 4. The minimum atomic E-state index is -1.09. The topological polar surface area (TPSA) is 72.3 Å². The maximum Gasteiger partial charge on any atom is 0.335 e. The maximum absolute atomic E-state index is 11.0. The lowest BCUT2D eigenvalue weighted by Gasteiger charge is -2.10. The van der Waals surface area contributed by atoms with Crippen molar-refractivity contribution in [3.05, 3.63) is 46.4 Å². The van der Waals surface area contributed by atoms with Crippen LogP contribution in [-0.2, 0) is 6.42 Å². The molecule has 1 N–H and O–H groups in total. The van der Waals surface area contributed by atoms with Crippen molar-refractivity contribution in [2.45, 2.75) is 20.3 Å². The fourth-order valence-electron chi connectivity index (χ4n) is 1.71. The van der Waals surface area contributed by atoms with Crippen LogP contribution in [0.4, 0.5) is 0 Å². The highest BCUT2D eigenvalue weighted by molar-refractivity contribution is 6.29. The molecule has 104 valence electrons. The molecule has 0 radical (unpaired) electrons. The Bertz CT molecular complexity index is 659. The van der Waals surface area contributed by atoms with Gasteiger partial charge >= 0.3 is 5.97 Å². The van der Waals surface area contributed by atoms with E-state index in [-0.39, 0.29) is 16.6 Å². The number of aromatic nitrogens is 2. The van der Waals surface area contributed by atoms with Crippen molar-refractivity contribution in [3.8, 4) is 11.6 Å². The quantitative estimate of drug-likeness (QED) is 0.873. The zero-order valence-electron chi connectivity index (χ0n) is 11.1. The monoisotopic (exact) mass is 292 g/mol. The van der Waals surface area contributed by atoms with E-state index in [9.17, 15) is 4.79 Å². The average molecular weight is 293 g/mol. The van der Waals surface area contributed by atoms with Gasteiger partial charge in [0.05, 0.1) is 11.3 Å². The van der Waals surface area contributed by atoms with E-state index in [0.29, 0.717) is 12.2 Å². The predicted molar refractivity (Wildman–Crippen MR) is 74.6 cm³/mol. The number of carboxylic acids is 1. The van der Waals surface area contributed by atoms with E-state index in [0.717, 1.165) is 11.4 Å². The van der Waals surface area contributed by atoms with Crippen LogP contribution in [0.1, 0.15) is 28.7 Å². The lowest BCUT2D eigenvalue weighted by molar-refractivity contribution is 0.0696. The molecule has 0 aromatic carbocycles. The standard InChI is InChI=1S/C14H13ClN2O3/c1-3-10-11(5-4-8(2)16-10)20-13-7-9(14(18)19)6-12(15)17-13/h4-7H,3H2,1-2H3,(H,18,19). The molecule has 0 unspecified atom stereocenters. The smallest absolute Gasteiger partial charge is 0.335 e. The van der Waals surface area contributed by atoms with Crippen molar-refractivity contribution >= 4 is 17.6 Å². The van der Waals surface area contributed by atoms with Crippen molar-refractivity contribution in [3.63, 3.8) is 0 Å². The van der Waals surface area contributed by atoms with Crippen LogP contribution in [0.25, 0.3) is 0 Å². The minimum Gasteiger partial charge on any atom is -0.478 e. The Labute approximate surface area is 121 Å². The first-order valence-electron chi connectivity index (χ1n) is 6.05.